The summed E-state index contributed by atoms with van der Waals surface area (Å²) < 4.78 is 1.96. The van der Waals surface area contributed by atoms with Crippen molar-refractivity contribution >= 4 is 5.69 Å². The van der Waals surface area contributed by atoms with Gasteiger partial charge in [0.1, 0.15) is 5.69 Å². The van der Waals surface area contributed by atoms with Gasteiger partial charge in [0.2, 0.25) is 0 Å². The number of nitrogens with two attached hydrogens (primary N) is 1. The molecule has 0 atom stereocenters. The van der Waals surface area contributed by atoms with Gasteiger partial charge in [-0.2, -0.15) is 4.98 Å². The van der Waals surface area contributed by atoms with Gasteiger partial charge in [0.15, 0.2) is 0 Å². The van der Waals surface area contributed by atoms with Crippen LogP contribution < -0.4 is 11.3 Å². The highest BCUT2D eigenvalue weighted by Gasteiger charge is 2.16. The minimum absolute atomic E-state index is 0.245. The Balaban J connectivity index is 2.30. The first-order valence-electron chi connectivity index (χ1n) is 4.60. The average Bonchev–Trinajstić information content (AvgIpc) is 2.62. The quantitative estimate of drug-likeness (QED) is 0.698. The van der Waals surface area contributed by atoms with Crippen LogP contribution in [0, 0.1) is 0 Å². The predicted octanol–water partition coefficient (Wildman–Crippen LogP) is 0.941. The Hall–Kier alpha value is -1.32. The first kappa shape index (κ1) is 8.29. The molecule has 4 nitrogen and oxygen atoms in total. The number of nitrogens with zero attached hydrogens (tertiary/aromatic N) is 2. The number of hydrogen-bond acceptors (Lipinski definition) is 3. The van der Waals surface area contributed by atoms with Crippen LogP contribution in [0.5, 0.6) is 0 Å². The minimum Gasteiger partial charge on any atom is -0.393 e. The smallest absolute Gasteiger partial charge is 0.295 e. The van der Waals surface area contributed by atoms with E-state index in [2.05, 4.69) is 4.98 Å². The molecule has 1 aliphatic carbocycles. The highest BCUT2D eigenvalue weighted by molar-refractivity contribution is 5.30. The van der Waals surface area contributed by atoms with E-state index in [0.717, 1.165) is 0 Å². The minimum atomic E-state index is -0.325. The second-order valence-electron chi connectivity index (χ2n) is 3.52. The second-order valence-corrected chi connectivity index (χ2v) is 3.52. The van der Waals surface area contributed by atoms with Gasteiger partial charge in [-0.3, -0.25) is 4.79 Å². The van der Waals surface area contributed by atoms with Crippen molar-refractivity contribution in [3.05, 3.63) is 22.9 Å². The molecule has 0 bridgehead atoms. The van der Waals surface area contributed by atoms with Gasteiger partial charge < -0.3 is 10.3 Å². The van der Waals surface area contributed by atoms with Crippen LogP contribution in [-0.4, -0.2) is 9.55 Å². The van der Waals surface area contributed by atoms with Crippen molar-refractivity contribution in [2.45, 2.75) is 31.7 Å². The highest BCUT2D eigenvalue weighted by Crippen LogP contribution is 2.28. The Labute approximate surface area is 76.4 Å². The molecule has 13 heavy (non-hydrogen) atoms. The molecule has 1 aromatic rings. The van der Waals surface area contributed by atoms with Crippen LogP contribution in [-0.2, 0) is 0 Å². The molecule has 1 heterocycles. The Kier molecular flexibility index (Phi) is 2.04. The van der Waals surface area contributed by atoms with Crippen molar-refractivity contribution < 1.29 is 0 Å². The van der Waals surface area contributed by atoms with Crippen LogP contribution in [0.15, 0.2) is 17.3 Å². The van der Waals surface area contributed by atoms with Crippen LogP contribution >= 0.6 is 0 Å². The third-order valence-corrected chi connectivity index (χ3v) is 2.59. The highest BCUT2D eigenvalue weighted by atomic mass is 16.1. The van der Waals surface area contributed by atoms with Crippen LogP contribution in [0.25, 0.3) is 0 Å². The zero-order valence-electron chi connectivity index (χ0n) is 7.44. The normalized spacial score (nSPS) is 17.8. The van der Waals surface area contributed by atoms with Crippen molar-refractivity contribution in [2.75, 3.05) is 5.73 Å². The van der Waals surface area contributed by atoms with Crippen molar-refractivity contribution in [3.63, 3.8) is 0 Å². The number of nitrogen functional groups attached to an aromatic ring is 1. The fraction of sp³-hybridized carbons (Fsp3) is 0.556. The fourth-order valence-electron chi connectivity index (χ4n) is 1.84. The molecule has 1 aromatic heterocycles. The summed E-state index contributed by atoms with van der Waals surface area (Å²) in [6.45, 7) is 0. The topological polar surface area (TPSA) is 60.9 Å². The molecule has 0 unspecified atom stereocenters. The van der Waals surface area contributed by atoms with E-state index in [4.69, 9.17) is 5.73 Å². The number of rotatable bonds is 1. The van der Waals surface area contributed by atoms with E-state index in [1.165, 1.54) is 25.7 Å². The zero-order chi connectivity index (χ0) is 9.26. The maximum Gasteiger partial charge on any atom is 0.295 e. The molecule has 0 saturated heterocycles. The van der Waals surface area contributed by atoms with Gasteiger partial charge in [0.25, 0.3) is 5.56 Å². The molecular weight excluding hydrogens is 166 g/mol. The molecule has 1 saturated carbocycles. The third kappa shape index (κ3) is 1.56. The summed E-state index contributed by atoms with van der Waals surface area (Å²) in [5, 5.41) is 0. The monoisotopic (exact) mass is 179 g/mol. The lowest BCUT2D eigenvalue weighted by atomic mass is 10.2. The van der Waals surface area contributed by atoms with Crippen molar-refractivity contribution in [2.24, 2.45) is 0 Å². The zero-order valence-corrected chi connectivity index (χ0v) is 7.44. The lowest BCUT2D eigenvalue weighted by Crippen LogP contribution is -2.17. The largest absolute Gasteiger partial charge is 0.393 e. The van der Waals surface area contributed by atoms with Crippen LogP contribution in [0.2, 0.25) is 0 Å². The number of aromatic nitrogens is 2. The second kappa shape index (κ2) is 3.20. The summed E-state index contributed by atoms with van der Waals surface area (Å²) in [4.78, 5) is 14.6. The van der Waals surface area contributed by atoms with Crippen LogP contribution in [0.4, 0.5) is 5.69 Å². The summed E-state index contributed by atoms with van der Waals surface area (Å²) >= 11 is 0. The van der Waals surface area contributed by atoms with E-state index < -0.39 is 0 Å². The van der Waals surface area contributed by atoms with Gasteiger partial charge in [-0.15, -0.1) is 0 Å². The Bertz CT molecular complexity index is 352. The van der Waals surface area contributed by atoms with Gasteiger partial charge in [-0.05, 0) is 12.8 Å². The van der Waals surface area contributed by atoms with E-state index in [1.807, 2.05) is 4.57 Å². The molecule has 70 valence electrons. The molecule has 1 fully saturated rings. The summed E-state index contributed by atoms with van der Waals surface area (Å²) in [6.07, 6.45) is 8.15. The average molecular weight is 179 g/mol. The van der Waals surface area contributed by atoms with E-state index in [9.17, 15) is 4.79 Å². The molecule has 1 aliphatic rings. The molecule has 2 N–H and O–H groups in total. The summed E-state index contributed by atoms with van der Waals surface area (Å²) in [6, 6.07) is 0.496. The molecule has 0 spiro atoms. The van der Waals surface area contributed by atoms with Gasteiger partial charge in [-0.1, -0.05) is 12.8 Å². The van der Waals surface area contributed by atoms with Gasteiger partial charge in [-0.25, -0.2) is 0 Å². The standard InChI is InChI=1S/C9H13N3O/c10-8-5-12(6-11-9(8)13)7-3-1-2-4-7/h5-7H,1-4,10H2. The van der Waals surface area contributed by atoms with Crippen molar-refractivity contribution in [3.8, 4) is 0 Å². The summed E-state index contributed by atoms with van der Waals surface area (Å²) in [5.74, 6) is 0. The molecule has 0 amide bonds. The molecule has 0 aromatic carbocycles. The Morgan fingerprint density at radius 2 is 2.15 bits per heavy atom. The molecular formula is C9H13N3O. The summed E-state index contributed by atoms with van der Waals surface area (Å²) in [7, 11) is 0. The van der Waals surface area contributed by atoms with E-state index in [-0.39, 0.29) is 11.2 Å². The fourth-order valence-corrected chi connectivity index (χ4v) is 1.84. The lowest BCUT2D eigenvalue weighted by molar-refractivity contribution is 0.508. The maximum atomic E-state index is 10.9. The number of hydrogen-bond donors (Lipinski definition) is 1. The lowest BCUT2D eigenvalue weighted by Gasteiger charge is -2.13. The third-order valence-electron chi connectivity index (χ3n) is 2.59. The maximum absolute atomic E-state index is 10.9. The van der Waals surface area contributed by atoms with Gasteiger partial charge in [0, 0.05) is 12.2 Å². The SMILES string of the molecule is Nc1cn(C2CCCC2)cnc1=O. The first-order valence-corrected chi connectivity index (χ1v) is 4.60. The molecule has 0 aliphatic heterocycles. The van der Waals surface area contributed by atoms with Crippen molar-refractivity contribution in [1.29, 1.82) is 0 Å². The first-order chi connectivity index (χ1) is 6.27. The van der Waals surface area contributed by atoms with Crippen LogP contribution in [0.1, 0.15) is 31.7 Å². The van der Waals surface area contributed by atoms with E-state index in [1.54, 1.807) is 12.5 Å². The Morgan fingerprint density at radius 1 is 1.46 bits per heavy atom. The van der Waals surface area contributed by atoms with Gasteiger partial charge in [0.05, 0.1) is 6.33 Å². The number of anilines is 1. The predicted molar refractivity (Wildman–Crippen MR) is 50.4 cm³/mol. The van der Waals surface area contributed by atoms with E-state index >= 15 is 0 Å². The van der Waals surface area contributed by atoms with E-state index in [0.29, 0.717) is 6.04 Å². The molecule has 0 radical (unpaired) electrons. The molecule has 2 rings (SSSR count). The summed E-state index contributed by atoms with van der Waals surface area (Å²) in [5.41, 5.74) is 5.41. The molecule has 4 heteroatoms. The Morgan fingerprint density at radius 3 is 2.77 bits per heavy atom. The van der Waals surface area contributed by atoms with Crippen molar-refractivity contribution in [1.82, 2.24) is 9.55 Å². The van der Waals surface area contributed by atoms with Gasteiger partial charge >= 0.3 is 0 Å². The van der Waals surface area contributed by atoms with Crippen LogP contribution in [0.3, 0.4) is 0 Å².